The lowest BCUT2D eigenvalue weighted by atomic mass is 10.2. The van der Waals surface area contributed by atoms with Crippen LogP contribution in [0.2, 0.25) is 0 Å². The lowest BCUT2D eigenvalue weighted by Crippen LogP contribution is -2.23. The molecular weight excluding hydrogens is 374 g/mol. The van der Waals surface area contributed by atoms with E-state index in [1.54, 1.807) is 29.2 Å². The van der Waals surface area contributed by atoms with Crippen LogP contribution >= 0.6 is 0 Å². The summed E-state index contributed by atoms with van der Waals surface area (Å²) in [4.78, 5) is 16.0. The molecule has 0 spiro atoms. The molecule has 1 heterocycles. The molecule has 0 saturated carbocycles. The van der Waals surface area contributed by atoms with Crippen molar-refractivity contribution in [2.45, 2.75) is 38.1 Å². The zero-order valence-electron chi connectivity index (χ0n) is 16.4. The van der Waals surface area contributed by atoms with Crippen molar-refractivity contribution in [1.82, 2.24) is 4.90 Å². The molecule has 6 nitrogen and oxygen atoms in total. The van der Waals surface area contributed by atoms with Gasteiger partial charge in [0.05, 0.1) is 4.90 Å². The summed E-state index contributed by atoms with van der Waals surface area (Å²) in [7, 11) is -3.68. The van der Waals surface area contributed by atoms with Crippen molar-refractivity contribution in [3.05, 3.63) is 54.1 Å². The van der Waals surface area contributed by atoms with E-state index in [9.17, 15) is 13.2 Å². The molecule has 150 valence electrons. The van der Waals surface area contributed by atoms with Crippen LogP contribution in [0, 0.1) is 0 Å². The van der Waals surface area contributed by atoms with E-state index in [1.807, 2.05) is 12.1 Å². The van der Waals surface area contributed by atoms with Gasteiger partial charge in [-0.1, -0.05) is 26.0 Å². The molecule has 1 fully saturated rings. The molecule has 7 heteroatoms. The standard InChI is InChI=1S/C21H27N3O3S/c1-3-23(4-2)16-17-7-9-18(10-8-17)22-28(26,27)20-13-11-19(12-14-20)24-15-5-6-21(24)25/h7-14,22H,3-6,15-16H2,1-2H3. The highest BCUT2D eigenvalue weighted by Gasteiger charge is 2.22. The SMILES string of the molecule is CCN(CC)Cc1ccc(NS(=O)(=O)c2ccc(N3CCCC3=O)cc2)cc1. The van der Waals surface area contributed by atoms with Gasteiger partial charge in [0, 0.05) is 30.9 Å². The number of rotatable bonds is 8. The smallest absolute Gasteiger partial charge is 0.261 e. The Morgan fingerprint density at radius 1 is 1.00 bits per heavy atom. The largest absolute Gasteiger partial charge is 0.312 e. The second kappa shape index (κ2) is 8.75. The average Bonchev–Trinajstić information content (AvgIpc) is 3.13. The topological polar surface area (TPSA) is 69.7 Å². The number of hydrogen-bond donors (Lipinski definition) is 1. The van der Waals surface area contributed by atoms with Crippen LogP contribution in [0.25, 0.3) is 0 Å². The van der Waals surface area contributed by atoms with E-state index in [0.717, 1.165) is 37.3 Å². The zero-order valence-corrected chi connectivity index (χ0v) is 17.2. The second-order valence-corrected chi connectivity index (χ2v) is 8.59. The highest BCUT2D eigenvalue weighted by atomic mass is 32.2. The Morgan fingerprint density at radius 2 is 1.64 bits per heavy atom. The molecule has 0 aliphatic carbocycles. The minimum Gasteiger partial charge on any atom is -0.312 e. The Balaban J connectivity index is 1.68. The van der Waals surface area contributed by atoms with Gasteiger partial charge in [0.2, 0.25) is 5.91 Å². The van der Waals surface area contributed by atoms with Crippen LogP contribution in [0.1, 0.15) is 32.3 Å². The third-order valence-corrected chi connectivity index (χ3v) is 6.44. The molecule has 1 amide bonds. The molecule has 1 aliphatic rings. The van der Waals surface area contributed by atoms with Gasteiger partial charge in [-0.2, -0.15) is 0 Å². The van der Waals surface area contributed by atoms with Gasteiger partial charge in [-0.25, -0.2) is 8.42 Å². The number of carbonyl (C=O) groups is 1. The van der Waals surface area contributed by atoms with Crippen LogP contribution in [0.5, 0.6) is 0 Å². The summed E-state index contributed by atoms with van der Waals surface area (Å²) in [6.45, 7) is 7.72. The third-order valence-electron chi connectivity index (χ3n) is 5.04. The van der Waals surface area contributed by atoms with Crippen molar-refractivity contribution in [2.75, 3.05) is 29.3 Å². The zero-order chi connectivity index (χ0) is 20.1. The fraction of sp³-hybridized carbons (Fsp3) is 0.381. The van der Waals surface area contributed by atoms with E-state index in [1.165, 1.54) is 12.1 Å². The molecule has 0 atom stereocenters. The van der Waals surface area contributed by atoms with Gasteiger partial charge in [-0.3, -0.25) is 14.4 Å². The summed E-state index contributed by atoms with van der Waals surface area (Å²) < 4.78 is 27.9. The molecule has 0 radical (unpaired) electrons. The van der Waals surface area contributed by atoms with E-state index >= 15 is 0 Å². The van der Waals surface area contributed by atoms with Gasteiger partial charge in [0.25, 0.3) is 10.0 Å². The molecule has 28 heavy (non-hydrogen) atoms. The fourth-order valence-electron chi connectivity index (χ4n) is 3.32. The number of hydrogen-bond acceptors (Lipinski definition) is 4. The number of anilines is 2. The normalized spacial score (nSPS) is 14.7. The molecule has 2 aromatic carbocycles. The van der Waals surface area contributed by atoms with Gasteiger partial charge in [-0.05, 0) is 61.5 Å². The van der Waals surface area contributed by atoms with E-state index in [4.69, 9.17) is 0 Å². The molecule has 0 aromatic heterocycles. The van der Waals surface area contributed by atoms with Gasteiger partial charge < -0.3 is 4.90 Å². The first-order chi connectivity index (χ1) is 13.4. The Bertz CT molecular complexity index is 905. The van der Waals surface area contributed by atoms with Crippen LogP contribution in [0.4, 0.5) is 11.4 Å². The number of sulfonamides is 1. The van der Waals surface area contributed by atoms with Crippen molar-refractivity contribution in [3.8, 4) is 0 Å². The van der Waals surface area contributed by atoms with Crippen LogP contribution in [0.3, 0.4) is 0 Å². The number of nitrogens with zero attached hydrogens (tertiary/aromatic N) is 2. The lowest BCUT2D eigenvalue weighted by molar-refractivity contribution is -0.117. The number of nitrogens with one attached hydrogen (secondary N) is 1. The molecule has 3 rings (SSSR count). The highest BCUT2D eigenvalue weighted by molar-refractivity contribution is 7.92. The molecule has 0 bridgehead atoms. The van der Waals surface area contributed by atoms with Crippen LogP contribution in [0.15, 0.2) is 53.4 Å². The number of benzene rings is 2. The van der Waals surface area contributed by atoms with E-state index in [-0.39, 0.29) is 10.8 Å². The Labute approximate surface area is 167 Å². The Hall–Kier alpha value is -2.38. The van der Waals surface area contributed by atoms with Gasteiger partial charge in [0.15, 0.2) is 0 Å². The van der Waals surface area contributed by atoms with Crippen molar-refractivity contribution in [1.29, 1.82) is 0 Å². The third kappa shape index (κ3) is 4.72. The summed E-state index contributed by atoms with van der Waals surface area (Å²) in [6, 6.07) is 13.9. The summed E-state index contributed by atoms with van der Waals surface area (Å²) >= 11 is 0. The first-order valence-electron chi connectivity index (χ1n) is 9.67. The molecule has 1 saturated heterocycles. The molecule has 1 aliphatic heterocycles. The van der Waals surface area contributed by atoms with Crippen LogP contribution in [-0.4, -0.2) is 38.9 Å². The van der Waals surface area contributed by atoms with Crippen LogP contribution < -0.4 is 9.62 Å². The number of amides is 1. The first-order valence-corrected chi connectivity index (χ1v) is 11.2. The lowest BCUT2D eigenvalue weighted by Gasteiger charge is -2.18. The van der Waals surface area contributed by atoms with Crippen molar-refractivity contribution >= 4 is 27.3 Å². The monoisotopic (exact) mass is 401 g/mol. The second-order valence-electron chi connectivity index (χ2n) is 6.91. The average molecular weight is 402 g/mol. The molecular formula is C21H27N3O3S. The minimum absolute atomic E-state index is 0.0820. The van der Waals surface area contributed by atoms with E-state index in [2.05, 4.69) is 23.5 Å². The van der Waals surface area contributed by atoms with E-state index in [0.29, 0.717) is 18.7 Å². The first kappa shape index (κ1) is 20.4. The summed E-state index contributed by atoms with van der Waals surface area (Å²) in [5, 5.41) is 0. The summed E-state index contributed by atoms with van der Waals surface area (Å²) in [5.41, 5.74) is 2.41. The molecule has 2 aromatic rings. The van der Waals surface area contributed by atoms with Crippen molar-refractivity contribution in [3.63, 3.8) is 0 Å². The van der Waals surface area contributed by atoms with Gasteiger partial charge in [-0.15, -0.1) is 0 Å². The van der Waals surface area contributed by atoms with E-state index < -0.39 is 10.0 Å². The highest BCUT2D eigenvalue weighted by Crippen LogP contribution is 2.24. The van der Waals surface area contributed by atoms with Gasteiger partial charge >= 0.3 is 0 Å². The molecule has 0 unspecified atom stereocenters. The maximum Gasteiger partial charge on any atom is 0.261 e. The van der Waals surface area contributed by atoms with Gasteiger partial charge in [0.1, 0.15) is 0 Å². The quantitative estimate of drug-likeness (QED) is 0.735. The predicted octanol–water partition coefficient (Wildman–Crippen LogP) is 3.46. The number of carbonyl (C=O) groups excluding carboxylic acids is 1. The Kier molecular flexibility index (Phi) is 6.36. The summed E-state index contributed by atoms with van der Waals surface area (Å²) in [5.74, 6) is 0.0820. The maximum absolute atomic E-state index is 12.7. The maximum atomic E-state index is 12.7. The summed E-state index contributed by atoms with van der Waals surface area (Å²) in [6.07, 6.45) is 1.39. The van der Waals surface area contributed by atoms with Crippen molar-refractivity contribution < 1.29 is 13.2 Å². The fourth-order valence-corrected chi connectivity index (χ4v) is 4.38. The molecule has 1 N–H and O–H groups in total. The predicted molar refractivity (Wildman–Crippen MR) is 112 cm³/mol. The Morgan fingerprint density at radius 3 is 2.18 bits per heavy atom. The van der Waals surface area contributed by atoms with Crippen LogP contribution in [-0.2, 0) is 21.4 Å². The van der Waals surface area contributed by atoms with Crippen molar-refractivity contribution in [2.24, 2.45) is 0 Å². The minimum atomic E-state index is -3.68.